The van der Waals surface area contributed by atoms with E-state index in [2.05, 4.69) is 0 Å². The number of alkyl halides is 1. The molecule has 0 amide bonds. The molecule has 0 heterocycles. The van der Waals surface area contributed by atoms with Crippen LogP contribution in [0.3, 0.4) is 0 Å². The van der Waals surface area contributed by atoms with E-state index in [1.165, 1.54) is 0 Å². The Kier molecular flexibility index (Phi) is 4.30. The molecule has 90 valence electrons. The number of nitrogens with two attached hydrogens (primary N) is 1. The van der Waals surface area contributed by atoms with Gasteiger partial charge in [-0.1, -0.05) is 26.0 Å². The van der Waals surface area contributed by atoms with Gasteiger partial charge in [-0.25, -0.2) is 4.39 Å². The van der Waals surface area contributed by atoms with E-state index in [-0.39, 0.29) is 12.5 Å². The third-order valence-corrected chi connectivity index (χ3v) is 3.01. The van der Waals surface area contributed by atoms with Crippen LogP contribution in [0.1, 0.15) is 19.4 Å². The molecule has 16 heavy (non-hydrogen) atoms. The van der Waals surface area contributed by atoms with Crippen LogP contribution in [0.5, 0.6) is 5.75 Å². The van der Waals surface area contributed by atoms with Crippen LogP contribution in [0.25, 0.3) is 0 Å². The van der Waals surface area contributed by atoms with Gasteiger partial charge in [0.1, 0.15) is 11.4 Å². The van der Waals surface area contributed by atoms with Crippen LogP contribution >= 0.6 is 0 Å². The summed E-state index contributed by atoms with van der Waals surface area (Å²) in [5, 5.41) is 0. The lowest BCUT2D eigenvalue weighted by atomic mass is 9.86. The third-order valence-electron chi connectivity index (χ3n) is 3.01. The Hall–Kier alpha value is -1.09. The summed E-state index contributed by atoms with van der Waals surface area (Å²) in [5.74, 6) is 0.657. The highest BCUT2D eigenvalue weighted by molar-refractivity contribution is 5.29. The Bertz CT molecular complexity index is 340. The largest absolute Gasteiger partial charge is 0.497 e. The zero-order valence-corrected chi connectivity index (χ0v) is 10.2. The maximum atomic E-state index is 14.4. The molecule has 0 aliphatic carbocycles. The fourth-order valence-corrected chi connectivity index (χ4v) is 1.63. The lowest BCUT2D eigenvalue weighted by Gasteiger charge is -2.28. The van der Waals surface area contributed by atoms with Gasteiger partial charge in [0.2, 0.25) is 0 Å². The van der Waals surface area contributed by atoms with Crippen LogP contribution in [-0.4, -0.2) is 19.3 Å². The number of ether oxygens (including phenoxy) is 1. The second-order valence-electron chi connectivity index (χ2n) is 4.42. The maximum absolute atomic E-state index is 14.4. The molecule has 1 aromatic rings. The van der Waals surface area contributed by atoms with Crippen molar-refractivity contribution in [1.29, 1.82) is 0 Å². The van der Waals surface area contributed by atoms with Gasteiger partial charge in [0.15, 0.2) is 0 Å². The predicted octanol–water partition coefficient (Wildman–Crippen LogP) is 2.56. The van der Waals surface area contributed by atoms with Crippen LogP contribution in [0.15, 0.2) is 24.3 Å². The van der Waals surface area contributed by atoms with Gasteiger partial charge >= 0.3 is 0 Å². The Labute approximate surface area is 96.6 Å². The monoisotopic (exact) mass is 225 g/mol. The third kappa shape index (κ3) is 2.95. The molecule has 0 aliphatic rings. The molecule has 0 saturated carbocycles. The molecular weight excluding hydrogens is 205 g/mol. The van der Waals surface area contributed by atoms with Gasteiger partial charge in [-0.2, -0.15) is 0 Å². The lowest BCUT2D eigenvalue weighted by molar-refractivity contribution is 0.110. The van der Waals surface area contributed by atoms with Gasteiger partial charge in [0, 0.05) is 13.0 Å². The summed E-state index contributed by atoms with van der Waals surface area (Å²) in [5.41, 5.74) is 5.10. The minimum atomic E-state index is -1.34. The van der Waals surface area contributed by atoms with Crippen molar-refractivity contribution in [3.63, 3.8) is 0 Å². The Morgan fingerprint density at radius 1 is 1.44 bits per heavy atom. The molecule has 0 aromatic heterocycles. The predicted molar refractivity (Wildman–Crippen MR) is 64.4 cm³/mol. The van der Waals surface area contributed by atoms with E-state index in [4.69, 9.17) is 10.5 Å². The van der Waals surface area contributed by atoms with Gasteiger partial charge in [0.05, 0.1) is 7.11 Å². The Morgan fingerprint density at radius 2 is 2.12 bits per heavy atom. The average Bonchev–Trinajstić information content (AvgIpc) is 2.29. The second-order valence-corrected chi connectivity index (χ2v) is 4.42. The van der Waals surface area contributed by atoms with Gasteiger partial charge in [0.25, 0.3) is 0 Å². The van der Waals surface area contributed by atoms with Crippen molar-refractivity contribution in [2.75, 3.05) is 13.7 Å². The van der Waals surface area contributed by atoms with E-state index < -0.39 is 5.67 Å². The fraction of sp³-hybridized carbons (Fsp3) is 0.538. The lowest BCUT2D eigenvalue weighted by Crippen LogP contribution is -2.40. The molecule has 1 atom stereocenters. The summed E-state index contributed by atoms with van der Waals surface area (Å²) < 4.78 is 19.5. The van der Waals surface area contributed by atoms with Crippen molar-refractivity contribution in [2.45, 2.75) is 25.9 Å². The van der Waals surface area contributed by atoms with Crippen LogP contribution in [0, 0.1) is 5.92 Å². The van der Waals surface area contributed by atoms with Crippen LogP contribution in [-0.2, 0) is 6.42 Å². The van der Waals surface area contributed by atoms with E-state index in [1.807, 2.05) is 38.1 Å². The van der Waals surface area contributed by atoms with Gasteiger partial charge in [-0.05, 0) is 23.6 Å². The first-order valence-electron chi connectivity index (χ1n) is 5.54. The molecular formula is C13H20FNO. The molecule has 0 saturated heterocycles. The van der Waals surface area contributed by atoms with E-state index in [9.17, 15) is 4.39 Å². The smallest absolute Gasteiger partial charge is 0.129 e. The summed E-state index contributed by atoms with van der Waals surface area (Å²) in [6.07, 6.45) is 0.332. The zero-order valence-electron chi connectivity index (χ0n) is 10.2. The van der Waals surface area contributed by atoms with Crippen molar-refractivity contribution in [2.24, 2.45) is 11.7 Å². The quantitative estimate of drug-likeness (QED) is 0.836. The van der Waals surface area contributed by atoms with E-state index in [1.54, 1.807) is 7.11 Å². The molecule has 2 nitrogen and oxygen atoms in total. The molecule has 1 unspecified atom stereocenters. The second kappa shape index (κ2) is 5.30. The first kappa shape index (κ1) is 13.0. The Morgan fingerprint density at radius 3 is 2.62 bits per heavy atom. The molecule has 0 radical (unpaired) electrons. The molecule has 1 aromatic carbocycles. The molecule has 3 heteroatoms. The van der Waals surface area contributed by atoms with E-state index >= 15 is 0 Å². The number of hydrogen-bond donors (Lipinski definition) is 1. The number of benzene rings is 1. The highest BCUT2D eigenvalue weighted by atomic mass is 19.1. The summed E-state index contributed by atoms with van der Waals surface area (Å²) in [7, 11) is 1.60. The van der Waals surface area contributed by atoms with Crippen molar-refractivity contribution in [3.8, 4) is 5.75 Å². The fourth-order valence-electron chi connectivity index (χ4n) is 1.63. The first-order chi connectivity index (χ1) is 7.51. The van der Waals surface area contributed by atoms with Crippen LogP contribution in [0.2, 0.25) is 0 Å². The highest BCUT2D eigenvalue weighted by Crippen LogP contribution is 2.27. The summed E-state index contributed by atoms with van der Waals surface area (Å²) in [4.78, 5) is 0. The standard InChI is InChI=1S/C13H20FNO/c1-10(2)13(14,9-15)8-11-5-4-6-12(7-11)16-3/h4-7,10H,8-9,15H2,1-3H3. The maximum Gasteiger partial charge on any atom is 0.129 e. The highest BCUT2D eigenvalue weighted by Gasteiger charge is 2.32. The molecule has 0 aliphatic heterocycles. The van der Waals surface area contributed by atoms with Gasteiger partial charge < -0.3 is 10.5 Å². The van der Waals surface area contributed by atoms with Gasteiger partial charge in [-0.3, -0.25) is 0 Å². The van der Waals surface area contributed by atoms with E-state index in [0.29, 0.717) is 6.42 Å². The number of hydrogen-bond acceptors (Lipinski definition) is 2. The topological polar surface area (TPSA) is 35.2 Å². The average molecular weight is 225 g/mol. The minimum absolute atomic E-state index is 0.0435. The van der Waals surface area contributed by atoms with Crippen molar-refractivity contribution in [3.05, 3.63) is 29.8 Å². The first-order valence-corrected chi connectivity index (χ1v) is 5.54. The summed E-state index contributed by atoms with van der Waals surface area (Å²) in [6.45, 7) is 3.75. The van der Waals surface area contributed by atoms with Crippen molar-refractivity contribution in [1.82, 2.24) is 0 Å². The summed E-state index contributed by atoms with van der Waals surface area (Å²) in [6, 6.07) is 7.47. The number of rotatable bonds is 5. The van der Waals surface area contributed by atoms with Crippen LogP contribution < -0.4 is 10.5 Å². The van der Waals surface area contributed by atoms with Gasteiger partial charge in [-0.15, -0.1) is 0 Å². The molecule has 2 N–H and O–H groups in total. The van der Waals surface area contributed by atoms with Crippen molar-refractivity contribution < 1.29 is 9.13 Å². The minimum Gasteiger partial charge on any atom is -0.497 e. The number of halogens is 1. The molecule has 1 rings (SSSR count). The van der Waals surface area contributed by atoms with Crippen LogP contribution in [0.4, 0.5) is 4.39 Å². The number of methoxy groups -OCH3 is 1. The summed E-state index contributed by atoms with van der Waals surface area (Å²) >= 11 is 0. The molecule has 0 bridgehead atoms. The SMILES string of the molecule is COc1cccc(CC(F)(CN)C(C)C)c1. The zero-order chi connectivity index (χ0) is 12.2. The molecule has 0 spiro atoms. The molecule has 0 fully saturated rings. The Balaban J connectivity index is 2.85. The van der Waals surface area contributed by atoms with E-state index in [0.717, 1.165) is 11.3 Å². The van der Waals surface area contributed by atoms with Crippen molar-refractivity contribution >= 4 is 0 Å². The normalized spacial score (nSPS) is 14.9.